The highest BCUT2D eigenvalue weighted by Crippen LogP contribution is 2.29. The number of rotatable bonds is 6. The van der Waals surface area contributed by atoms with Crippen molar-refractivity contribution in [3.05, 3.63) is 64.4 Å². The number of nitrogens with one attached hydrogen (secondary N) is 1. The molecule has 4 rings (SSSR count). The molecule has 1 saturated heterocycles. The Morgan fingerprint density at radius 2 is 1.67 bits per heavy atom. The summed E-state index contributed by atoms with van der Waals surface area (Å²) in [6.07, 6.45) is 1.94. The second-order valence-electron chi connectivity index (χ2n) is 7.61. The first kappa shape index (κ1) is 21.4. The molecule has 1 aliphatic carbocycles. The van der Waals surface area contributed by atoms with Crippen molar-refractivity contribution in [1.29, 1.82) is 0 Å². The van der Waals surface area contributed by atoms with Crippen LogP contribution in [0.1, 0.15) is 24.4 Å². The zero-order valence-electron chi connectivity index (χ0n) is 16.3. The number of nitrogens with zero attached hydrogens (tertiary/aromatic N) is 2. The standard InChI is InChI=1S/C21H23BrFN3O3S/c22-18-3-1-2-4-19(18)30(28,29)26-13-11-25(12-14-26)20(21(27)24-17-9-10-17)15-5-7-16(23)8-6-15/h1-8,17,20H,9-14H2,(H,24,27). The van der Waals surface area contributed by atoms with Gasteiger partial charge in [-0.25, -0.2) is 12.8 Å². The summed E-state index contributed by atoms with van der Waals surface area (Å²) in [6, 6.07) is 12.3. The van der Waals surface area contributed by atoms with Crippen molar-refractivity contribution >= 4 is 31.9 Å². The van der Waals surface area contributed by atoms with Crippen molar-refractivity contribution in [3.63, 3.8) is 0 Å². The lowest BCUT2D eigenvalue weighted by Gasteiger charge is -2.38. The SMILES string of the molecule is O=C(NC1CC1)C(c1ccc(F)cc1)N1CCN(S(=O)(=O)c2ccccc2Br)CC1. The van der Waals surface area contributed by atoms with Crippen molar-refractivity contribution in [2.45, 2.75) is 29.8 Å². The van der Waals surface area contributed by atoms with Crippen molar-refractivity contribution in [3.8, 4) is 0 Å². The maximum Gasteiger partial charge on any atom is 0.244 e. The first-order valence-corrected chi connectivity index (χ1v) is 12.1. The molecule has 2 aromatic rings. The topological polar surface area (TPSA) is 69.7 Å². The molecule has 0 bridgehead atoms. The zero-order chi connectivity index (χ0) is 21.3. The smallest absolute Gasteiger partial charge is 0.244 e. The number of sulfonamides is 1. The van der Waals surface area contributed by atoms with Gasteiger partial charge in [-0.2, -0.15) is 4.31 Å². The van der Waals surface area contributed by atoms with E-state index in [9.17, 15) is 17.6 Å². The lowest BCUT2D eigenvalue weighted by Crippen LogP contribution is -2.52. The average Bonchev–Trinajstić information content (AvgIpc) is 3.54. The first-order valence-electron chi connectivity index (χ1n) is 9.91. The van der Waals surface area contributed by atoms with E-state index in [1.165, 1.54) is 16.4 Å². The minimum absolute atomic E-state index is 0.119. The summed E-state index contributed by atoms with van der Waals surface area (Å²) < 4.78 is 41.4. The molecule has 2 aliphatic rings. The molecular weight excluding hydrogens is 473 g/mol. The van der Waals surface area contributed by atoms with Gasteiger partial charge in [-0.3, -0.25) is 9.69 Å². The van der Waals surface area contributed by atoms with Gasteiger partial charge in [-0.15, -0.1) is 0 Å². The molecular formula is C21H23BrFN3O3S. The fourth-order valence-corrected chi connectivity index (χ4v) is 6.06. The fourth-order valence-electron chi connectivity index (χ4n) is 3.68. The molecule has 1 amide bonds. The van der Waals surface area contributed by atoms with E-state index < -0.39 is 16.1 Å². The number of carbonyl (C=O) groups excluding carboxylic acids is 1. The number of hydrogen-bond acceptors (Lipinski definition) is 4. The van der Waals surface area contributed by atoms with E-state index in [0.29, 0.717) is 23.1 Å². The van der Waals surface area contributed by atoms with Crippen LogP contribution in [0, 0.1) is 5.82 Å². The van der Waals surface area contributed by atoms with E-state index in [1.807, 2.05) is 4.90 Å². The van der Waals surface area contributed by atoms with Gasteiger partial charge in [0.2, 0.25) is 15.9 Å². The molecule has 6 nitrogen and oxygen atoms in total. The molecule has 1 atom stereocenters. The molecule has 160 valence electrons. The summed E-state index contributed by atoms with van der Waals surface area (Å²) in [5.74, 6) is -0.476. The number of amides is 1. The predicted molar refractivity (Wildman–Crippen MR) is 115 cm³/mol. The number of piperazine rings is 1. The van der Waals surface area contributed by atoms with Crippen molar-refractivity contribution in [2.75, 3.05) is 26.2 Å². The Morgan fingerprint density at radius 1 is 1.03 bits per heavy atom. The predicted octanol–water partition coefficient (Wildman–Crippen LogP) is 2.91. The monoisotopic (exact) mass is 495 g/mol. The molecule has 1 saturated carbocycles. The third-order valence-corrected chi connectivity index (χ3v) is 8.36. The molecule has 0 aromatic heterocycles. The van der Waals surface area contributed by atoms with Crippen LogP contribution in [-0.4, -0.2) is 55.8 Å². The minimum Gasteiger partial charge on any atom is -0.352 e. The van der Waals surface area contributed by atoms with Crippen LogP contribution in [-0.2, 0) is 14.8 Å². The van der Waals surface area contributed by atoms with Crippen molar-refractivity contribution < 1.29 is 17.6 Å². The number of hydrogen-bond donors (Lipinski definition) is 1. The van der Waals surface area contributed by atoms with Crippen LogP contribution in [0.3, 0.4) is 0 Å². The van der Waals surface area contributed by atoms with Gasteiger partial charge in [0.25, 0.3) is 0 Å². The molecule has 2 aromatic carbocycles. The Kier molecular flexibility index (Phi) is 6.24. The maximum atomic E-state index is 13.4. The number of carbonyl (C=O) groups is 1. The molecule has 0 spiro atoms. The molecule has 30 heavy (non-hydrogen) atoms. The minimum atomic E-state index is -3.63. The largest absolute Gasteiger partial charge is 0.352 e. The van der Waals surface area contributed by atoms with Gasteiger partial charge < -0.3 is 5.32 Å². The van der Waals surface area contributed by atoms with Crippen molar-refractivity contribution in [1.82, 2.24) is 14.5 Å². The van der Waals surface area contributed by atoms with Crippen LogP contribution in [0.15, 0.2) is 57.9 Å². The Balaban J connectivity index is 1.51. The van der Waals surface area contributed by atoms with E-state index in [4.69, 9.17) is 0 Å². The van der Waals surface area contributed by atoms with Crippen LogP contribution in [0.4, 0.5) is 4.39 Å². The summed E-state index contributed by atoms with van der Waals surface area (Å²) in [4.78, 5) is 15.1. The Hall–Kier alpha value is -1.81. The van der Waals surface area contributed by atoms with Gasteiger partial charge in [-0.1, -0.05) is 24.3 Å². The highest BCUT2D eigenvalue weighted by atomic mass is 79.9. The van der Waals surface area contributed by atoms with E-state index >= 15 is 0 Å². The van der Waals surface area contributed by atoms with Gasteiger partial charge >= 0.3 is 0 Å². The quantitative estimate of drug-likeness (QED) is 0.668. The van der Waals surface area contributed by atoms with E-state index in [2.05, 4.69) is 21.2 Å². The first-order chi connectivity index (χ1) is 14.4. The van der Waals surface area contributed by atoms with Crippen LogP contribution >= 0.6 is 15.9 Å². The molecule has 9 heteroatoms. The summed E-state index contributed by atoms with van der Waals surface area (Å²) in [6.45, 7) is 1.36. The molecule has 1 aliphatic heterocycles. The number of benzene rings is 2. The third kappa shape index (κ3) is 4.59. The third-order valence-electron chi connectivity index (χ3n) is 5.45. The summed E-state index contributed by atoms with van der Waals surface area (Å²) in [7, 11) is -3.63. The van der Waals surface area contributed by atoms with E-state index in [0.717, 1.165) is 12.8 Å². The van der Waals surface area contributed by atoms with Crippen molar-refractivity contribution in [2.24, 2.45) is 0 Å². The van der Waals surface area contributed by atoms with Gasteiger partial charge in [0.15, 0.2) is 0 Å². The maximum absolute atomic E-state index is 13.4. The summed E-state index contributed by atoms with van der Waals surface area (Å²) in [5, 5.41) is 3.03. The van der Waals surface area contributed by atoms with Crippen LogP contribution < -0.4 is 5.32 Å². The normalized spacial score (nSPS) is 19.4. The highest BCUT2D eigenvalue weighted by Gasteiger charge is 2.36. The van der Waals surface area contributed by atoms with E-state index in [1.54, 1.807) is 36.4 Å². The fraction of sp³-hybridized carbons (Fsp3) is 0.381. The Bertz CT molecular complexity index is 1020. The molecule has 2 fully saturated rings. The van der Waals surface area contributed by atoms with Crippen LogP contribution in [0.25, 0.3) is 0 Å². The molecule has 0 radical (unpaired) electrons. The summed E-state index contributed by atoms with van der Waals surface area (Å²) in [5.41, 5.74) is 0.705. The lowest BCUT2D eigenvalue weighted by molar-refractivity contribution is -0.127. The van der Waals surface area contributed by atoms with Gasteiger partial charge in [0.05, 0.1) is 4.90 Å². The molecule has 1 unspecified atom stereocenters. The average molecular weight is 496 g/mol. The molecule has 1 N–H and O–H groups in total. The lowest BCUT2D eigenvalue weighted by atomic mass is 10.0. The van der Waals surface area contributed by atoms with Gasteiger partial charge in [-0.05, 0) is 58.6 Å². The van der Waals surface area contributed by atoms with Gasteiger partial charge in [0.1, 0.15) is 11.9 Å². The summed E-state index contributed by atoms with van der Waals surface area (Å²) >= 11 is 3.32. The zero-order valence-corrected chi connectivity index (χ0v) is 18.7. The number of halogens is 2. The molecule has 1 heterocycles. The van der Waals surface area contributed by atoms with Crippen LogP contribution in [0.5, 0.6) is 0 Å². The van der Waals surface area contributed by atoms with Crippen LogP contribution in [0.2, 0.25) is 0 Å². The second-order valence-corrected chi connectivity index (χ2v) is 10.4. The Morgan fingerprint density at radius 3 is 2.27 bits per heavy atom. The Labute approximate surface area is 184 Å². The van der Waals surface area contributed by atoms with Gasteiger partial charge in [0, 0.05) is 36.7 Å². The van der Waals surface area contributed by atoms with E-state index in [-0.39, 0.29) is 35.8 Å². The highest BCUT2D eigenvalue weighted by molar-refractivity contribution is 9.10. The second kappa shape index (κ2) is 8.74.